The van der Waals surface area contributed by atoms with Crippen LogP contribution in [0.1, 0.15) is 51.4 Å². The van der Waals surface area contributed by atoms with E-state index in [0.717, 1.165) is 38.5 Å². The van der Waals surface area contributed by atoms with Crippen molar-refractivity contribution in [1.82, 2.24) is 20.4 Å². The van der Waals surface area contributed by atoms with E-state index >= 15 is 0 Å². The number of carbonyl (C=O) groups is 4. The highest BCUT2D eigenvalue weighted by molar-refractivity contribution is 5.91. The lowest BCUT2D eigenvalue weighted by Crippen LogP contribution is -2.51. The van der Waals surface area contributed by atoms with Gasteiger partial charge in [-0.15, -0.1) is 0 Å². The summed E-state index contributed by atoms with van der Waals surface area (Å²) in [6.07, 6.45) is 6.39. The molecule has 3 fully saturated rings. The fourth-order valence-corrected chi connectivity index (χ4v) is 3.71. The second-order valence-electron chi connectivity index (χ2n) is 9.01. The molecule has 2 aliphatic carbocycles. The van der Waals surface area contributed by atoms with Crippen LogP contribution < -0.4 is 10.6 Å². The van der Waals surface area contributed by atoms with Gasteiger partial charge < -0.3 is 25.2 Å². The van der Waals surface area contributed by atoms with Gasteiger partial charge in [0.1, 0.15) is 6.04 Å². The Morgan fingerprint density at radius 2 is 1.93 bits per heavy atom. The van der Waals surface area contributed by atoms with E-state index in [1.807, 2.05) is 0 Å². The summed E-state index contributed by atoms with van der Waals surface area (Å²) in [6.45, 7) is 0.738. The Labute approximate surface area is 177 Å². The first-order chi connectivity index (χ1) is 14.3. The van der Waals surface area contributed by atoms with Crippen LogP contribution in [-0.4, -0.2) is 85.4 Å². The standard InChI is InChI=1S/C21H34N4O5/c1-24-13-17(26)23-21(8-9-21)14-30-10-4-3-5-16(20(29)22-12-19(24)28)25(2)18(27)11-15-6-7-15/h15-16H,3-14H2,1-2H3,(H,22,29)(H,23,26). The fourth-order valence-electron chi connectivity index (χ4n) is 3.71. The minimum atomic E-state index is -0.611. The number of rotatable bonds is 3. The van der Waals surface area contributed by atoms with Gasteiger partial charge in [-0.25, -0.2) is 0 Å². The molecule has 9 nitrogen and oxygen atoms in total. The number of hydrogen-bond donors (Lipinski definition) is 2. The van der Waals surface area contributed by atoms with E-state index in [1.54, 1.807) is 7.05 Å². The second-order valence-corrected chi connectivity index (χ2v) is 9.01. The van der Waals surface area contributed by atoms with Gasteiger partial charge in [0.25, 0.3) is 0 Å². The molecule has 4 amide bonds. The number of carbonyl (C=O) groups excluding carboxylic acids is 4. The summed E-state index contributed by atoms with van der Waals surface area (Å²) in [5.41, 5.74) is -0.301. The molecule has 2 N–H and O–H groups in total. The van der Waals surface area contributed by atoms with Gasteiger partial charge in [0.15, 0.2) is 0 Å². The lowest BCUT2D eigenvalue weighted by Gasteiger charge is -2.28. The average molecular weight is 423 g/mol. The summed E-state index contributed by atoms with van der Waals surface area (Å²) in [6, 6.07) is -0.611. The lowest BCUT2D eigenvalue weighted by atomic mass is 10.1. The normalized spacial score (nSPS) is 26.1. The van der Waals surface area contributed by atoms with Crippen molar-refractivity contribution in [3.63, 3.8) is 0 Å². The van der Waals surface area contributed by atoms with Crippen molar-refractivity contribution in [3.8, 4) is 0 Å². The number of nitrogens with one attached hydrogen (secondary N) is 2. The van der Waals surface area contributed by atoms with Gasteiger partial charge in [-0.3, -0.25) is 19.2 Å². The predicted octanol–water partition coefficient (Wildman–Crippen LogP) is 0.0374. The van der Waals surface area contributed by atoms with Gasteiger partial charge in [-0.2, -0.15) is 0 Å². The first-order valence-electron chi connectivity index (χ1n) is 11.0. The second kappa shape index (κ2) is 9.76. The van der Waals surface area contributed by atoms with Crippen LogP contribution in [0.2, 0.25) is 0 Å². The number of hydrogen-bond acceptors (Lipinski definition) is 5. The van der Waals surface area contributed by atoms with Crippen LogP contribution in [0.25, 0.3) is 0 Å². The molecule has 168 valence electrons. The highest BCUT2D eigenvalue weighted by atomic mass is 16.5. The van der Waals surface area contributed by atoms with Crippen molar-refractivity contribution in [1.29, 1.82) is 0 Å². The fraction of sp³-hybridized carbons (Fsp3) is 0.810. The van der Waals surface area contributed by atoms with Gasteiger partial charge >= 0.3 is 0 Å². The van der Waals surface area contributed by atoms with Crippen molar-refractivity contribution >= 4 is 23.6 Å². The highest BCUT2D eigenvalue weighted by Gasteiger charge is 2.44. The monoisotopic (exact) mass is 422 g/mol. The van der Waals surface area contributed by atoms with Gasteiger partial charge in [0, 0.05) is 27.1 Å². The summed E-state index contributed by atoms with van der Waals surface area (Å²) in [5, 5.41) is 5.63. The molecule has 0 bridgehead atoms. The maximum Gasteiger partial charge on any atom is 0.243 e. The Morgan fingerprint density at radius 3 is 2.60 bits per heavy atom. The van der Waals surface area contributed by atoms with Crippen molar-refractivity contribution in [3.05, 3.63) is 0 Å². The molecular formula is C21H34N4O5. The number of likely N-dealkylation sites (N-methyl/N-ethyl adjacent to an activating group) is 2. The third-order valence-corrected chi connectivity index (χ3v) is 6.20. The van der Waals surface area contributed by atoms with Crippen molar-refractivity contribution in [2.45, 2.75) is 62.9 Å². The van der Waals surface area contributed by atoms with E-state index in [0.29, 0.717) is 32.0 Å². The summed E-state index contributed by atoms with van der Waals surface area (Å²) in [4.78, 5) is 52.8. The molecule has 3 rings (SSSR count). The minimum absolute atomic E-state index is 0.0286. The summed E-state index contributed by atoms with van der Waals surface area (Å²) >= 11 is 0. The summed E-state index contributed by atoms with van der Waals surface area (Å²) in [5.74, 6) is -0.498. The Hall–Kier alpha value is -2.16. The van der Waals surface area contributed by atoms with Crippen LogP contribution in [0.15, 0.2) is 0 Å². The zero-order valence-electron chi connectivity index (χ0n) is 18.1. The van der Waals surface area contributed by atoms with E-state index in [4.69, 9.17) is 4.74 Å². The zero-order chi connectivity index (χ0) is 21.7. The largest absolute Gasteiger partial charge is 0.379 e. The molecular weight excluding hydrogens is 388 g/mol. The van der Waals surface area contributed by atoms with E-state index in [2.05, 4.69) is 10.6 Å². The SMILES string of the molecule is CN1CC(=O)NC2(CC2)COCCCCC(N(C)C(=O)CC2CC2)C(=O)NCC1=O. The molecule has 2 saturated carbocycles. The smallest absolute Gasteiger partial charge is 0.243 e. The molecule has 3 aliphatic rings. The number of ether oxygens (including phenoxy) is 1. The average Bonchev–Trinajstić information content (AvgIpc) is 3.62. The van der Waals surface area contributed by atoms with E-state index in [9.17, 15) is 19.2 Å². The molecule has 0 radical (unpaired) electrons. The van der Waals surface area contributed by atoms with E-state index in [1.165, 1.54) is 16.8 Å². The highest BCUT2D eigenvalue weighted by Crippen LogP contribution is 2.35. The van der Waals surface area contributed by atoms with Crippen molar-refractivity contribution < 1.29 is 23.9 Å². The van der Waals surface area contributed by atoms with Gasteiger partial charge in [-0.1, -0.05) is 0 Å². The molecule has 0 aromatic carbocycles. The quantitative estimate of drug-likeness (QED) is 0.668. The summed E-state index contributed by atoms with van der Waals surface area (Å²) < 4.78 is 5.76. The molecule has 0 aromatic rings. The third-order valence-electron chi connectivity index (χ3n) is 6.20. The molecule has 1 atom stereocenters. The van der Waals surface area contributed by atoms with Crippen LogP contribution >= 0.6 is 0 Å². The van der Waals surface area contributed by atoms with Crippen molar-refractivity contribution in [2.75, 3.05) is 40.4 Å². The molecule has 0 aromatic heterocycles. The zero-order valence-corrected chi connectivity index (χ0v) is 18.1. The Kier molecular flexibility index (Phi) is 7.33. The van der Waals surface area contributed by atoms with E-state index < -0.39 is 6.04 Å². The molecule has 1 spiro atoms. The molecule has 1 unspecified atom stereocenters. The van der Waals surface area contributed by atoms with Gasteiger partial charge in [-0.05, 0) is 50.9 Å². The molecule has 30 heavy (non-hydrogen) atoms. The molecule has 1 aliphatic heterocycles. The maximum absolute atomic E-state index is 12.8. The lowest BCUT2D eigenvalue weighted by molar-refractivity contribution is -0.141. The van der Waals surface area contributed by atoms with Gasteiger partial charge in [0.05, 0.1) is 25.2 Å². The van der Waals surface area contributed by atoms with Gasteiger partial charge in [0.2, 0.25) is 23.6 Å². The maximum atomic E-state index is 12.8. The van der Waals surface area contributed by atoms with Crippen LogP contribution in [0.4, 0.5) is 0 Å². The number of nitrogens with zero attached hydrogens (tertiary/aromatic N) is 2. The Bertz CT molecular complexity index is 674. The third kappa shape index (κ3) is 6.42. The van der Waals surface area contributed by atoms with Crippen LogP contribution in [0.3, 0.4) is 0 Å². The van der Waals surface area contributed by atoms with Crippen molar-refractivity contribution in [2.24, 2.45) is 5.92 Å². The van der Waals surface area contributed by atoms with Crippen LogP contribution in [0, 0.1) is 5.92 Å². The first-order valence-corrected chi connectivity index (χ1v) is 11.0. The number of amides is 4. The Morgan fingerprint density at radius 1 is 1.20 bits per heavy atom. The van der Waals surface area contributed by atoms with Crippen LogP contribution in [0.5, 0.6) is 0 Å². The topological polar surface area (TPSA) is 108 Å². The minimum Gasteiger partial charge on any atom is -0.379 e. The molecule has 1 saturated heterocycles. The molecule has 9 heteroatoms. The van der Waals surface area contributed by atoms with Crippen LogP contribution in [-0.2, 0) is 23.9 Å². The summed E-state index contributed by atoms with van der Waals surface area (Å²) in [7, 11) is 3.20. The first kappa shape index (κ1) is 22.5. The Balaban J connectivity index is 1.62. The van der Waals surface area contributed by atoms with E-state index in [-0.39, 0.29) is 42.3 Å². The molecule has 1 heterocycles. The predicted molar refractivity (Wildman–Crippen MR) is 109 cm³/mol.